The minimum Gasteiger partial charge on any atom is -0.310 e. The van der Waals surface area contributed by atoms with Crippen molar-refractivity contribution in [1.82, 2.24) is 15.5 Å². The van der Waals surface area contributed by atoms with Gasteiger partial charge >= 0.3 is 0 Å². The lowest BCUT2D eigenvalue weighted by atomic mass is 9.91. The van der Waals surface area contributed by atoms with Crippen LogP contribution in [0.2, 0.25) is 0 Å². The van der Waals surface area contributed by atoms with E-state index in [1.165, 1.54) is 12.0 Å². The highest BCUT2D eigenvalue weighted by atomic mass is 15.1. The number of hydrogen-bond acceptors (Lipinski definition) is 3. The molecule has 1 rings (SSSR count). The van der Waals surface area contributed by atoms with Crippen molar-refractivity contribution in [1.29, 1.82) is 0 Å². The maximum Gasteiger partial charge on any atom is 0.0648 e. The Hall–Kier alpha value is -0.960. The van der Waals surface area contributed by atoms with E-state index in [0.29, 0.717) is 12.0 Å². The molecule has 1 aromatic heterocycles. The monoisotopic (exact) mass is 235 g/mol. The molecule has 2 unspecified atom stereocenters. The number of nitrogens with one attached hydrogen (secondary N) is 1. The van der Waals surface area contributed by atoms with Gasteiger partial charge in [0.25, 0.3) is 0 Å². The van der Waals surface area contributed by atoms with Gasteiger partial charge in [-0.05, 0) is 44.4 Å². The highest BCUT2D eigenvalue weighted by Crippen LogP contribution is 2.26. The molecule has 1 heterocycles. The summed E-state index contributed by atoms with van der Waals surface area (Å²) >= 11 is 0. The number of aryl methyl sites for hydroxylation is 2. The summed E-state index contributed by atoms with van der Waals surface area (Å²) in [5.41, 5.74) is 3.35. The van der Waals surface area contributed by atoms with Gasteiger partial charge in [-0.15, -0.1) is 0 Å². The van der Waals surface area contributed by atoms with Crippen molar-refractivity contribution in [2.24, 2.45) is 5.92 Å². The molecule has 0 amide bonds. The number of rotatable bonds is 6. The summed E-state index contributed by atoms with van der Waals surface area (Å²) in [6, 6.07) is 2.57. The molecule has 2 atom stereocenters. The molecule has 0 aliphatic rings. The first-order chi connectivity index (χ1) is 8.10. The second-order valence-corrected chi connectivity index (χ2v) is 4.84. The molecule has 0 saturated heterocycles. The van der Waals surface area contributed by atoms with Crippen LogP contribution in [0.5, 0.6) is 0 Å². The van der Waals surface area contributed by atoms with E-state index in [-0.39, 0.29) is 0 Å². The maximum absolute atomic E-state index is 4.23. The van der Waals surface area contributed by atoms with E-state index in [0.717, 1.165) is 24.4 Å². The second-order valence-electron chi connectivity index (χ2n) is 4.84. The highest BCUT2D eigenvalue weighted by molar-refractivity contribution is 5.24. The van der Waals surface area contributed by atoms with Gasteiger partial charge in [-0.2, -0.15) is 10.2 Å². The van der Waals surface area contributed by atoms with Gasteiger partial charge in [0.2, 0.25) is 0 Å². The third-order valence-corrected chi connectivity index (χ3v) is 3.30. The third kappa shape index (κ3) is 3.77. The zero-order valence-electron chi connectivity index (χ0n) is 11.7. The van der Waals surface area contributed by atoms with Crippen molar-refractivity contribution in [2.45, 2.75) is 53.5 Å². The van der Waals surface area contributed by atoms with Crippen LogP contribution in [-0.4, -0.2) is 16.7 Å². The van der Waals surface area contributed by atoms with Crippen molar-refractivity contribution in [3.8, 4) is 0 Å². The topological polar surface area (TPSA) is 37.8 Å². The van der Waals surface area contributed by atoms with Crippen LogP contribution in [0.3, 0.4) is 0 Å². The molecule has 0 radical (unpaired) electrons. The predicted octanol–water partition coefficient (Wildman–Crippen LogP) is 3.18. The first kappa shape index (κ1) is 14.1. The van der Waals surface area contributed by atoms with Crippen molar-refractivity contribution in [3.05, 3.63) is 23.0 Å². The van der Waals surface area contributed by atoms with Gasteiger partial charge in [0.15, 0.2) is 0 Å². The lowest BCUT2D eigenvalue weighted by molar-refractivity contribution is 0.374. The van der Waals surface area contributed by atoms with Gasteiger partial charge in [-0.3, -0.25) is 0 Å². The van der Waals surface area contributed by atoms with Gasteiger partial charge in [0, 0.05) is 6.04 Å². The van der Waals surface area contributed by atoms with E-state index >= 15 is 0 Å². The molecule has 0 aliphatic carbocycles. The molecular weight excluding hydrogens is 210 g/mol. The number of hydrogen-bond donors (Lipinski definition) is 1. The van der Waals surface area contributed by atoms with E-state index in [2.05, 4.69) is 42.4 Å². The predicted molar refractivity (Wildman–Crippen MR) is 72.0 cm³/mol. The summed E-state index contributed by atoms with van der Waals surface area (Å²) in [4.78, 5) is 0. The fourth-order valence-electron chi connectivity index (χ4n) is 2.04. The minimum atomic E-state index is 0.397. The van der Waals surface area contributed by atoms with Crippen LogP contribution < -0.4 is 5.32 Å². The number of aromatic nitrogens is 2. The van der Waals surface area contributed by atoms with Gasteiger partial charge < -0.3 is 5.32 Å². The Morgan fingerprint density at radius 2 is 1.94 bits per heavy atom. The lowest BCUT2D eigenvalue weighted by Crippen LogP contribution is -2.28. The summed E-state index contributed by atoms with van der Waals surface area (Å²) in [5, 5.41) is 12.0. The minimum absolute atomic E-state index is 0.397. The van der Waals surface area contributed by atoms with Crippen LogP contribution in [0.1, 0.15) is 56.6 Å². The summed E-state index contributed by atoms with van der Waals surface area (Å²) in [5.74, 6) is 0.615. The fraction of sp³-hybridized carbons (Fsp3) is 0.714. The third-order valence-electron chi connectivity index (χ3n) is 3.30. The molecule has 0 aromatic carbocycles. The van der Waals surface area contributed by atoms with Crippen molar-refractivity contribution < 1.29 is 0 Å². The van der Waals surface area contributed by atoms with Gasteiger partial charge in [0.05, 0.1) is 11.4 Å². The van der Waals surface area contributed by atoms with Crippen molar-refractivity contribution in [2.75, 3.05) is 6.54 Å². The molecule has 1 aromatic rings. The first-order valence-corrected chi connectivity index (χ1v) is 6.64. The Bertz CT molecular complexity index is 349. The van der Waals surface area contributed by atoms with Crippen LogP contribution in [0, 0.1) is 19.8 Å². The summed E-state index contributed by atoms with van der Waals surface area (Å²) < 4.78 is 0. The van der Waals surface area contributed by atoms with E-state index in [9.17, 15) is 0 Å². The van der Waals surface area contributed by atoms with Crippen LogP contribution in [0.4, 0.5) is 0 Å². The van der Waals surface area contributed by atoms with Crippen molar-refractivity contribution in [3.63, 3.8) is 0 Å². The van der Waals surface area contributed by atoms with E-state index in [4.69, 9.17) is 0 Å². The molecule has 17 heavy (non-hydrogen) atoms. The average Bonchev–Trinajstić information content (AvgIpc) is 2.33. The normalized spacial score (nSPS) is 14.6. The van der Waals surface area contributed by atoms with E-state index < -0.39 is 0 Å². The van der Waals surface area contributed by atoms with E-state index in [1.807, 2.05) is 13.8 Å². The Morgan fingerprint density at radius 1 is 1.24 bits per heavy atom. The van der Waals surface area contributed by atoms with Crippen LogP contribution >= 0.6 is 0 Å². The van der Waals surface area contributed by atoms with Crippen LogP contribution in [0.25, 0.3) is 0 Å². The van der Waals surface area contributed by atoms with Gasteiger partial charge in [-0.25, -0.2) is 0 Å². The smallest absolute Gasteiger partial charge is 0.0648 e. The zero-order chi connectivity index (χ0) is 12.8. The molecule has 0 spiro atoms. The Morgan fingerprint density at radius 3 is 2.53 bits per heavy atom. The zero-order valence-corrected chi connectivity index (χ0v) is 11.7. The molecule has 0 aliphatic heterocycles. The quantitative estimate of drug-likeness (QED) is 0.823. The summed E-state index contributed by atoms with van der Waals surface area (Å²) in [7, 11) is 0. The largest absolute Gasteiger partial charge is 0.310 e. The molecule has 3 nitrogen and oxygen atoms in total. The average molecular weight is 235 g/mol. The molecular formula is C14H25N3. The fourth-order valence-corrected chi connectivity index (χ4v) is 2.04. The molecule has 3 heteroatoms. The van der Waals surface area contributed by atoms with E-state index in [1.54, 1.807) is 0 Å². The molecule has 0 bridgehead atoms. The standard InChI is InChI=1S/C14H25N3/c1-6-8-15-14(10(3)7-2)13-9-11(4)16-17-12(13)5/h9-10,14-15H,6-8H2,1-5H3. The lowest BCUT2D eigenvalue weighted by Gasteiger charge is -2.25. The Kier molecular flexibility index (Phi) is 5.56. The van der Waals surface area contributed by atoms with Crippen LogP contribution in [0.15, 0.2) is 6.07 Å². The summed E-state index contributed by atoms with van der Waals surface area (Å²) in [6.07, 6.45) is 2.33. The van der Waals surface area contributed by atoms with Crippen LogP contribution in [-0.2, 0) is 0 Å². The highest BCUT2D eigenvalue weighted by Gasteiger charge is 2.19. The molecule has 0 fully saturated rings. The maximum atomic E-state index is 4.23. The Balaban J connectivity index is 2.98. The summed E-state index contributed by atoms with van der Waals surface area (Å²) in [6.45, 7) is 11.8. The number of nitrogens with zero attached hydrogens (tertiary/aromatic N) is 2. The molecule has 1 N–H and O–H groups in total. The molecule has 0 saturated carbocycles. The van der Waals surface area contributed by atoms with Gasteiger partial charge in [0.1, 0.15) is 0 Å². The van der Waals surface area contributed by atoms with Crippen molar-refractivity contribution >= 4 is 0 Å². The first-order valence-electron chi connectivity index (χ1n) is 6.64. The Labute approximate surface area is 105 Å². The second kappa shape index (κ2) is 6.70. The SMILES string of the molecule is CCCNC(c1cc(C)nnc1C)C(C)CC. The van der Waals surface area contributed by atoms with Gasteiger partial charge in [-0.1, -0.05) is 27.2 Å². The molecule has 96 valence electrons.